The van der Waals surface area contributed by atoms with Crippen LogP contribution >= 0.6 is 11.3 Å². The van der Waals surface area contributed by atoms with Crippen LogP contribution in [0.25, 0.3) is 17.3 Å². The number of nitrogens with zero attached hydrogens (tertiary/aromatic N) is 1. The lowest BCUT2D eigenvalue weighted by atomic mass is 9.90. The minimum atomic E-state index is -0.244. The quantitative estimate of drug-likeness (QED) is 0.546. The molecule has 30 heavy (non-hydrogen) atoms. The topological polar surface area (TPSA) is 60.5 Å². The van der Waals surface area contributed by atoms with E-state index in [0.29, 0.717) is 16.6 Å². The standard InChI is InChI=1S/C24H24N2O3S/c1-28-20-10-11-22(29-2)19(14-20)9-12-23(27)26-24-25-21(15-30-24)18-8-7-16-5-3-4-6-17(16)13-18/h7-15H,3-6H2,1-2H3,(H,25,26,27)/b12-9+. The van der Waals surface area contributed by atoms with Gasteiger partial charge in [0, 0.05) is 22.6 Å². The van der Waals surface area contributed by atoms with Crippen molar-refractivity contribution in [2.24, 2.45) is 0 Å². The Bertz CT molecular complexity index is 1090. The van der Waals surface area contributed by atoms with Gasteiger partial charge < -0.3 is 9.47 Å². The third-order valence-electron chi connectivity index (χ3n) is 5.23. The molecule has 1 amide bonds. The fourth-order valence-corrected chi connectivity index (χ4v) is 4.36. The van der Waals surface area contributed by atoms with Crippen LogP contribution in [0.3, 0.4) is 0 Å². The van der Waals surface area contributed by atoms with Gasteiger partial charge in [-0.15, -0.1) is 11.3 Å². The highest BCUT2D eigenvalue weighted by molar-refractivity contribution is 7.14. The summed E-state index contributed by atoms with van der Waals surface area (Å²) in [6.07, 6.45) is 7.99. The Morgan fingerprint density at radius 1 is 1.07 bits per heavy atom. The lowest BCUT2D eigenvalue weighted by molar-refractivity contribution is -0.111. The van der Waals surface area contributed by atoms with Crippen LogP contribution in [0.4, 0.5) is 5.13 Å². The van der Waals surface area contributed by atoms with Crippen molar-refractivity contribution in [1.29, 1.82) is 0 Å². The largest absolute Gasteiger partial charge is 0.497 e. The predicted octanol–water partition coefficient (Wildman–Crippen LogP) is 5.36. The number of aryl methyl sites for hydroxylation is 2. The normalized spacial score (nSPS) is 13.1. The van der Waals surface area contributed by atoms with Gasteiger partial charge in [0.05, 0.1) is 19.9 Å². The van der Waals surface area contributed by atoms with E-state index in [1.807, 2.05) is 23.6 Å². The van der Waals surface area contributed by atoms with Gasteiger partial charge in [0.2, 0.25) is 5.91 Å². The minimum Gasteiger partial charge on any atom is -0.497 e. The summed E-state index contributed by atoms with van der Waals surface area (Å²) >= 11 is 1.42. The van der Waals surface area contributed by atoms with Crippen molar-refractivity contribution in [3.8, 4) is 22.8 Å². The molecular weight excluding hydrogens is 396 g/mol. The van der Waals surface area contributed by atoms with Gasteiger partial charge in [0.1, 0.15) is 11.5 Å². The molecule has 4 rings (SSSR count). The van der Waals surface area contributed by atoms with Gasteiger partial charge in [0.15, 0.2) is 5.13 Å². The van der Waals surface area contributed by atoms with Crippen molar-refractivity contribution in [3.63, 3.8) is 0 Å². The number of ether oxygens (including phenoxy) is 2. The Balaban J connectivity index is 1.45. The van der Waals surface area contributed by atoms with Crippen LogP contribution in [0.1, 0.15) is 29.5 Å². The van der Waals surface area contributed by atoms with Crippen LogP contribution in [0, 0.1) is 0 Å². The Morgan fingerprint density at radius 3 is 2.70 bits per heavy atom. The van der Waals surface area contributed by atoms with Gasteiger partial charge in [-0.3, -0.25) is 10.1 Å². The molecule has 0 aliphatic heterocycles. The second-order valence-electron chi connectivity index (χ2n) is 7.16. The van der Waals surface area contributed by atoms with Crippen molar-refractivity contribution in [2.45, 2.75) is 25.7 Å². The summed E-state index contributed by atoms with van der Waals surface area (Å²) in [6.45, 7) is 0. The highest BCUT2D eigenvalue weighted by Crippen LogP contribution is 2.30. The number of fused-ring (bicyclic) bond motifs is 1. The van der Waals surface area contributed by atoms with Crippen LogP contribution in [0.2, 0.25) is 0 Å². The summed E-state index contributed by atoms with van der Waals surface area (Å²) in [5, 5.41) is 5.40. The van der Waals surface area contributed by atoms with E-state index in [2.05, 4.69) is 28.5 Å². The smallest absolute Gasteiger partial charge is 0.250 e. The van der Waals surface area contributed by atoms with Crippen molar-refractivity contribution < 1.29 is 14.3 Å². The Kier molecular flexibility index (Phi) is 6.14. The summed E-state index contributed by atoms with van der Waals surface area (Å²) in [7, 11) is 3.20. The highest BCUT2D eigenvalue weighted by atomic mass is 32.1. The average Bonchev–Trinajstić information content (AvgIpc) is 3.25. The summed E-state index contributed by atoms with van der Waals surface area (Å²) in [6, 6.07) is 12.0. The first-order chi connectivity index (χ1) is 14.7. The molecule has 0 bridgehead atoms. The second-order valence-corrected chi connectivity index (χ2v) is 8.02. The number of carbonyl (C=O) groups excluding carboxylic acids is 1. The number of aromatic nitrogens is 1. The van der Waals surface area contributed by atoms with Gasteiger partial charge in [-0.25, -0.2) is 4.98 Å². The first-order valence-corrected chi connectivity index (χ1v) is 10.8. The third-order valence-corrected chi connectivity index (χ3v) is 5.99. The van der Waals surface area contributed by atoms with Gasteiger partial charge in [0.25, 0.3) is 0 Å². The maximum absolute atomic E-state index is 12.4. The highest BCUT2D eigenvalue weighted by Gasteiger charge is 2.12. The van der Waals surface area contributed by atoms with E-state index in [1.165, 1.54) is 47.8 Å². The number of rotatable bonds is 6. The first kappa shape index (κ1) is 20.2. The number of nitrogens with one attached hydrogen (secondary N) is 1. The SMILES string of the molecule is COc1ccc(OC)c(/C=C/C(=O)Nc2nc(-c3ccc4c(c3)CCCC4)cs2)c1. The lowest BCUT2D eigenvalue weighted by Crippen LogP contribution is -2.07. The molecule has 0 spiro atoms. The van der Waals surface area contributed by atoms with E-state index < -0.39 is 0 Å². The molecule has 0 saturated carbocycles. The summed E-state index contributed by atoms with van der Waals surface area (Å²) < 4.78 is 10.6. The molecule has 0 atom stereocenters. The molecule has 0 unspecified atom stereocenters. The minimum absolute atomic E-state index is 0.244. The van der Waals surface area contributed by atoms with Crippen LogP contribution in [-0.4, -0.2) is 25.1 Å². The average molecular weight is 421 g/mol. The van der Waals surface area contributed by atoms with E-state index in [4.69, 9.17) is 9.47 Å². The number of carbonyl (C=O) groups is 1. The lowest BCUT2D eigenvalue weighted by Gasteiger charge is -2.16. The number of anilines is 1. The van der Waals surface area contributed by atoms with E-state index in [-0.39, 0.29) is 5.91 Å². The molecule has 5 nitrogen and oxygen atoms in total. The fraction of sp³-hybridized carbons (Fsp3) is 0.250. The van der Waals surface area contributed by atoms with E-state index in [0.717, 1.165) is 23.2 Å². The van der Waals surface area contributed by atoms with Crippen molar-refractivity contribution in [2.75, 3.05) is 19.5 Å². The molecule has 2 aromatic carbocycles. The summed E-state index contributed by atoms with van der Waals surface area (Å²) in [4.78, 5) is 17.0. The predicted molar refractivity (Wildman–Crippen MR) is 121 cm³/mol. The molecule has 1 aromatic heterocycles. The van der Waals surface area contributed by atoms with Crippen molar-refractivity contribution >= 4 is 28.5 Å². The van der Waals surface area contributed by atoms with E-state index >= 15 is 0 Å². The summed E-state index contributed by atoms with van der Waals surface area (Å²) in [5.74, 6) is 1.13. The molecule has 3 aromatic rings. The zero-order valence-electron chi connectivity index (χ0n) is 17.1. The number of methoxy groups -OCH3 is 2. The molecule has 6 heteroatoms. The van der Waals surface area contributed by atoms with E-state index in [1.54, 1.807) is 20.3 Å². The van der Waals surface area contributed by atoms with Crippen molar-refractivity contribution in [3.05, 3.63) is 64.5 Å². The van der Waals surface area contributed by atoms with Gasteiger partial charge >= 0.3 is 0 Å². The van der Waals surface area contributed by atoms with Crippen LogP contribution in [0.5, 0.6) is 11.5 Å². The Labute approximate surface area is 180 Å². The van der Waals surface area contributed by atoms with Crippen LogP contribution in [-0.2, 0) is 17.6 Å². The fourth-order valence-electron chi connectivity index (χ4n) is 3.64. The molecule has 0 radical (unpaired) electrons. The Hall–Kier alpha value is -3.12. The number of hydrogen-bond acceptors (Lipinski definition) is 5. The zero-order chi connectivity index (χ0) is 20.9. The van der Waals surface area contributed by atoms with Gasteiger partial charge in [-0.05, 0) is 67.2 Å². The maximum atomic E-state index is 12.4. The Morgan fingerprint density at radius 2 is 1.90 bits per heavy atom. The number of benzene rings is 2. The van der Waals surface area contributed by atoms with Gasteiger partial charge in [-0.1, -0.05) is 12.1 Å². The number of amides is 1. The molecule has 1 heterocycles. The van der Waals surface area contributed by atoms with E-state index in [9.17, 15) is 4.79 Å². The molecule has 1 aliphatic rings. The number of thiazole rings is 1. The molecule has 154 valence electrons. The third kappa shape index (κ3) is 4.54. The second kappa shape index (κ2) is 9.13. The molecular formula is C24H24N2O3S. The van der Waals surface area contributed by atoms with Crippen LogP contribution in [0.15, 0.2) is 47.9 Å². The molecule has 1 aliphatic carbocycles. The zero-order valence-corrected chi connectivity index (χ0v) is 17.9. The maximum Gasteiger partial charge on any atom is 0.250 e. The monoisotopic (exact) mass is 420 g/mol. The first-order valence-electron chi connectivity index (χ1n) is 9.95. The van der Waals surface area contributed by atoms with Crippen molar-refractivity contribution in [1.82, 2.24) is 4.98 Å². The number of hydrogen-bond donors (Lipinski definition) is 1. The summed E-state index contributed by atoms with van der Waals surface area (Å²) in [5.41, 5.74) is 5.63. The molecule has 0 fully saturated rings. The van der Waals surface area contributed by atoms with Gasteiger partial charge in [-0.2, -0.15) is 0 Å². The molecule has 0 saturated heterocycles. The van der Waals surface area contributed by atoms with Crippen LogP contribution < -0.4 is 14.8 Å². The molecule has 1 N–H and O–H groups in total.